The Kier molecular flexibility index (Phi) is 5.09. The molecule has 0 radical (unpaired) electrons. The molecule has 0 saturated carbocycles. The van der Waals surface area contributed by atoms with Crippen LogP contribution in [0.15, 0.2) is 42.5 Å². The van der Waals surface area contributed by atoms with Gasteiger partial charge in [-0.05, 0) is 41.7 Å². The molecule has 2 aromatic carbocycles. The third kappa shape index (κ3) is 3.69. The first kappa shape index (κ1) is 15.2. The van der Waals surface area contributed by atoms with Crippen molar-refractivity contribution in [2.24, 2.45) is 0 Å². The van der Waals surface area contributed by atoms with Gasteiger partial charge in [0.15, 0.2) is 0 Å². The highest BCUT2D eigenvalue weighted by atomic mass is 16.5. The van der Waals surface area contributed by atoms with Gasteiger partial charge >= 0.3 is 0 Å². The Bertz CT molecular complexity index is 596. The van der Waals surface area contributed by atoms with Crippen LogP contribution < -0.4 is 15.2 Å². The zero-order chi connectivity index (χ0) is 15.2. The number of methoxy groups -OCH3 is 1. The van der Waals surface area contributed by atoms with Gasteiger partial charge in [-0.2, -0.15) is 0 Å². The first-order chi connectivity index (χ1) is 10.2. The Morgan fingerprint density at radius 1 is 1.10 bits per heavy atom. The number of ether oxygens (including phenoxy) is 2. The number of nitrogen functional groups attached to an aromatic ring is 1. The number of benzene rings is 2. The molecule has 0 saturated heterocycles. The predicted octanol–water partition coefficient (Wildman–Crippen LogP) is 4.37. The van der Waals surface area contributed by atoms with E-state index in [9.17, 15) is 0 Å². The fourth-order valence-corrected chi connectivity index (χ4v) is 2.27. The number of nitrogens with two attached hydrogens (primary N) is 1. The molecular formula is C18H23NO2. The van der Waals surface area contributed by atoms with Crippen LogP contribution in [-0.2, 0) is 6.61 Å². The molecule has 0 aliphatic carbocycles. The number of para-hydroxylation sites is 1. The minimum absolute atomic E-state index is 0.488. The quantitative estimate of drug-likeness (QED) is 0.801. The maximum atomic E-state index is 5.98. The molecule has 0 fully saturated rings. The molecule has 0 amide bonds. The lowest BCUT2D eigenvalue weighted by molar-refractivity contribution is 0.301. The standard InChI is InChI=1S/C18H23NO2/c1-4-13(2)15-7-5-6-8-17(15)21-12-14-9-10-18(20-3)16(19)11-14/h5-11,13H,4,12,19H2,1-3H3. The Balaban J connectivity index is 2.11. The second kappa shape index (κ2) is 7.02. The summed E-state index contributed by atoms with van der Waals surface area (Å²) in [7, 11) is 1.62. The molecule has 3 nitrogen and oxygen atoms in total. The third-order valence-electron chi connectivity index (χ3n) is 3.75. The van der Waals surface area contributed by atoms with Crippen LogP contribution in [-0.4, -0.2) is 7.11 Å². The summed E-state index contributed by atoms with van der Waals surface area (Å²) in [6.07, 6.45) is 1.09. The van der Waals surface area contributed by atoms with Crippen molar-refractivity contribution in [1.82, 2.24) is 0 Å². The van der Waals surface area contributed by atoms with Crippen molar-refractivity contribution in [2.75, 3.05) is 12.8 Å². The van der Waals surface area contributed by atoms with Crippen LogP contribution in [0.5, 0.6) is 11.5 Å². The fourth-order valence-electron chi connectivity index (χ4n) is 2.27. The minimum Gasteiger partial charge on any atom is -0.495 e. The van der Waals surface area contributed by atoms with Gasteiger partial charge in [-0.1, -0.05) is 38.1 Å². The Labute approximate surface area is 126 Å². The first-order valence-electron chi connectivity index (χ1n) is 7.29. The van der Waals surface area contributed by atoms with E-state index in [4.69, 9.17) is 15.2 Å². The third-order valence-corrected chi connectivity index (χ3v) is 3.75. The van der Waals surface area contributed by atoms with Crippen LogP contribution in [0.1, 0.15) is 37.3 Å². The molecule has 0 aliphatic heterocycles. The predicted molar refractivity (Wildman–Crippen MR) is 86.9 cm³/mol. The summed E-state index contributed by atoms with van der Waals surface area (Å²) in [5.74, 6) is 2.13. The van der Waals surface area contributed by atoms with Crippen molar-refractivity contribution in [1.29, 1.82) is 0 Å². The van der Waals surface area contributed by atoms with E-state index in [0.29, 0.717) is 24.0 Å². The molecule has 2 aromatic rings. The lowest BCUT2D eigenvalue weighted by Gasteiger charge is -2.16. The van der Waals surface area contributed by atoms with E-state index in [1.807, 2.05) is 30.3 Å². The number of hydrogen-bond donors (Lipinski definition) is 1. The molecule has 21 heavy (non-hydrogen) atoms. The van der Waals surface area contributed by atoms with E-state index in [-0.39, 0.29) is 0 Å². The van der Waals surface area contributed by atoms with Crippen molar-refractivity contribution >= 4 is 5.69 Å². The summed E-state index contributed by atoms with van der Waals surface area (Å²) >= 11 is 0. The zero-order valence-electron chi connectivity index (χ0n) is 12.9. The van der Waals surface area contributed by atoms with Crippen molar-refractivity contribution < 1.29 is 9.47 Å². The summed E-state index contributed by atoms with van der Waals surface area (Å²) in [5.41, 5.74) is 8.84. The van der Waals surface area contributed by atoms with Crippen LogP contribution in [0.3, 0.4) is 0 Å². The normalized spacial score (nSPS) is 12.0. The summed E-state index contributed by atoms with van der Waals surface area (Å²) < 4.78 is 11.1. The molecule has 1 unspecified atom stereocenters. The van der Waals surface area contributed by atoms with Crippen molar-refractivity contribution in [3.05, 3.63) is 53.6 Å². The van der Waals surface area contributed by atoms with E-state index in [2.05, 4.69) is 26.0 Å². The average Bonchev–Trinajstić information content (AvgIpc) is 2.52. The lowest BCUT2D eigenvalue weighted by atomic mass is 9.98. The Hall–Kier alpha value is -2.16. The molecule has 1 atom stereocenters. The highest BCUT2D eigenvalue weighted by molar-refractivity contribution is 5.54. The first-order valence-corrected chi connectivity index (χ1v) is 7.29. The molecule has 0 heterocycles. The minimum atomic E-state index is 0.488. The maximum absolute atomic E-state index is 5.98. The molecular weight excluding hydrogens is 262 g/mol. The van der Waals surface area contributed by atoms with Crippen LogP contribution >= 0.6 is 0 Å². The smallest absolute Gasteiger partial charge is 0.141 e. The van der Waals surface area contributed by atoms with Gasteiger partial charge in [0.2, 0.25) is 0 Å². The van der Waals surface area contributed by atoms with Gasteiger partial charge in [-0.15, -0.1) is 0 Å². The Morgan fingerprint density at radius 3 is 2.52 bits per heavy atom. The van der Waals surface area contributed by atoms with Crippen molar-refractivity contribution in [3.63, 3.8) is 0 Å². The van der Waals surface area contributed by atoms with Crippen LogP contribution in [0.4, 0.5) is 5.69 Å². The van der Waals surface area contributed by atoms with Gasteiger partial charge < -0.3 is 15.2 Å². The van der Waals surface area contributed by atoms with Gasteiger partial charge in [-0.3, -0.25) is 0 Å². The molecule has 0 aliphatic rings. The average molecular weight is 285 g/mol. The van der Waals surface area contributed by atoms with Crippen molar-refractivity contribution in [2.45, 2.75) is 32.8 Å². The highest BCUT2D eigenvalue weighted by Crippen LogP contribution is 2.29. The van der Waals surface area contributed by atoms with Gasteiger partial charge in [0, 0.05) is 0 Å². The Morgan fingerprint density at radius 2 is 1.86 bits per heavy atom. The number of anilines is 1. The van der Waals surface area contributed by atoms with E-state index in [0.717, 1.165) is 17.7 Å². The monoisotopic (exact) mass is 285 g/mol. The van der Waals surface area contributed by atoms with Crippen LogP contribution in [0.25, 0.3) is 0 Å². The van der Waals surface area contributed by atoms with Crippen LogP contribution in [0.2, 0.25) is 0 Å². The van der Waals surface area contributed by atoms with E-state index in [1.54, 1.807) is 7.11 Å². The van der Waals surface area contributed by atoms with E-state index >= 15 is 0 Å². The van der Waals surface area contributed by atoms with Gasteiger partial charge in [-0.25, -0.2) is 0 Å². The van der Waals surface area contributed by atoms with Gasteiger partial charge in [0.25, 0.3) is 0 Å². The van der Waals surface area contributed by atoms with Crippen molar-refractivity contribution in [3.8, 4) is 11.5 Å². The SMILES string of the molecule is CCC(C)c1ccccc1OCc1ccc(OC)c(N)c1. The molecule has 3 heteroatoms. The van der Waals surface area contributed by atoms with E-state index < -0.39 is 0 Å². The summed E-state index contributed by atoms with van der Waals surface area (Å²) in [4.78, 5) is 0. The topological polar surface area (TPSA) is 44.5 Å². The lowest BCUT2D eigenvalue weighted by Crippen LogP contribution is -2.02. The molecule has 2 N–H and O–H groups in total. The zero-order valence-corrected chi connectivity index (χ0v) is 12.9. The maximum Gasteiger partial charge on any atom is 0.141 e. The second-order valence-corrected chi connectivity index (χ2v) is 5.21. The molecule has 2 rings (SSSR count). The number of rotatable bonds is 6. The van der Waals surface area contributed by atoms with Gasteiger partial charge in [0.05, 0.1) is 12.8 Å². The molecule has 0 spiro atoms. The summed E-state index contributed by atoms with van der Waals surface area (Å²) in [5, 5.41) is 0. The van der Waals surface area contributed by atoms with Gasteiger partial charge in [0.1, 0.15) is 18.1 Å². The summed E-state index contributed by atoms with van der Waals surface area (Å²) in [6, 6.07) is 13.9. The highest BCUT2D eigenvalue weighted by Gasteiger charge is 2.10. The molecule has 0 aromatic heterocycles. The fraction of sp³-hybridized carbons (Fsp3) is 0.333. The number of hydrogen-bond acceptors (Lipinski definition) is 3. The second-order valence-electron chi connectivity index (χ2n) is 5.21. The largest absolute Gasteiger partial charge is 0.495 e. The van der Waals surface area contributed by atoms with E-state index in [1.165, 1.54) is 5.56 Å². The molecule has 0 bridgehead atoms. The summed E-state index contributed by atoms with van der Waals surface area (Å²) in [6.45, 7) is 4.90. The molecule has 112 valence electrons. The van der Waals surface area contributed by atoms with Crippen LogP contribution in [0, 0.1) is 0 Å².